The van der Waals surface area contributed by atoms with Crippen LogP contribution >= 0.6 is 15.9 Å². The molecule has 1 aliphatic heterocycles. The van der Waals surface area contributed by atoms with Crippen LogP contribution in [0.2, 0.25) is 0 Å². The molecular formula is C20H20BrFN2O3. The van der Waals surface area contributed by atoms with Gasteiger partial charge in [-0.05, 0) is 55.7 Å². The van der Waals surface area contributed by atoms with E-state index < -0.39 is 0 Å². The van der Waals surface area contributed by atoms with Gasteiger partial charge >= 0.3 is 0 Å². The molecule has 7 heteroatoms. The van der Waals surface area contributed by atoms with E-state index in [-0.39, 0.29) is 24.4 Å². The summed E-state index contributed by atoms with van der Waals surface area (Å²) in [6.07, 6.45) is 1.53. The molecule has 0 radical (unpaired) electrons. The molecule has 1 unspecified atom stereocenters. The second-order valence-electron chi connectivity index (χ2n) is 6.24. The van der Waals surface area contributed by atoms with E-state index in [1.54, 1.807) is 12.1 Å². The van der Waals surface area contributed by atoms with Crippen LogP contribution in [0, 0.1) is 5.82 Å². The Morgan fingerprint density at radius 3 is 2.89 bits per heavy atom. The molecule has 0 fully saturated rings. The fraction of sp³-hybridized carbons (Fsp3) is 0.300. The monoisotopic (exact) mass is 434 g/mol. The highest BCUT2D eigenvalue weighted by Gasteiger charge is 2.17. The number of benzene rings is 2. The van der Waals surface area contributed by atoms with Crippen LogP contribution in [0.15, 0.2) is 52.1 Å². The summed E-state index contributed by atoms with van der Waals surface area (Å²) in [7, 11) is 0. The molecule has 5 nitrogen and oxygen atoms in total. The SMILES string of the molecule is CC(NC(=O)CO/N=C1/CCCOc2ccc(Br)cc21)c1ccc(F)cc1. The first-order chi connectivity index (χ1) is 13.0. The van der Waals surface area contributed by atoms with Crippen LogP contribution in [0.25, 0.3) is 0 Å². The van der Waals surface area contributed by atoms with E-state index in [2.05, 4.69) is 26.4 Å². The lowest BCUT2D eigenvalue weighted by atomic mass is 10.1. The number of hydrogen-bond donors (Lipinski definition) is 1. The largest absolute Gasteiger partial charge is 0.493 e. The summed E-state index contributed by atoms with van der Waals surface area (Å²) in [4.78, 5) is 17.4. The molecule has 0 bridgehead atoms. The van der Waals surface area contributed by atoms with Gasteiger partial charge in [0.1, 0.15) is 11.6 Å². The van der Waals surface area contributed by atoms with E-state index in [9.17, 15) is 9.18 Å². The summed E-state index contributed by atoms with van der Waals surface area (Å²) in [5, 5.41) is 6.97. The summed E-state index contributed by atoms with van der Waals surface area (Å²) in [6, 6.07) is 11.5. The number of oxime groups is 1. The Kier molecular flexibility index (Phi) is 6.45. The van der Waals surface area contributed by atoms with E-state index >= 15 is 0 Å². The molecule has 0 saturated heterocycles. The number of halogens is 2. The van der Waals surface area contributed by atoms with Gasteiger partial charge < -0.3 is 14.9 Å². The Hall–Kier alpha value is -2.41. The van der Waals surface area contributed by atoms with E-state index in [0.29, 0.717) is 13.0 Å². The van der Waals surface area contributed by atoms with Gasteiger partial charge in [-0.25, -0.2) is 4.39 Å². The Morgan fingerprint density at radius 1 is 1.33 bits per heavy atom. The molecule has 1 N–H and O–H groups in total. The average molecular weight is 435 g/mol. The number of fused-ring (bicyclic) bond motifs is 1. The van der Waals surface area contributed by atoms with Crippen LogP contribution < -0.4 is 10.1 Å². The molecule has 2 aromatic carbocycles. The second-order valence-corrected chi connectivity index (χ2v) is 7.16. The van der Waals surface area contributed by atoms with E-state index in [0.717, 1.165) is 33.5 Å². The summed E-state index contributed by atoms with van der Waals surface area (Å²) >= 11 is 3.45. The molecule has 1 amide bonds. The Morgan fingerprint density at radius 2 is 2.11 bits per heavy atom. The van der Waals surface area contributed by atoms with Gasteiger partial charge in [0.25, 0.3) is 5.91 Å². The van der Waals surface area contributed by atoms with Crippen molar-refractivity contribution in [2.24, 2.45) is 5.16 Å². The predicted octanol–water partition coefficient (Wildman–Crippen LogP) is 4.36. The van der Waals surface area contributed by atoms with Crippen LogP contribution in [0.4, 0.5) is 4.39 Å². The molecule has 3 rings (SSSR count). The Bertz CT molecular complexity index is 840. The number of amides is 1. The van der Waals surface area contributed by atoms with Crippen LogP contribution in [-0.2, 0) is 9.63 Å². The van der Waals surface area contributed by atoms with Gasteiger partial charge in [0.05, 0.1) is 18.4 Å². The third kappa shape index (κ3) is 5.29. The van der Waals surface area contributed by atoms with Crippen LogP contribution in [0.1, 0.15) is 36.9 Å². The minimum atomic E-state index is -0.310. The van der Waals surface area contributed by atoms with E-state index in [1.807, 2.05) is 25.1 Å². The van der Waals surface area contributed by atoms with Crippen molar-refractivity contribution in [3.8, 4) is 5.75 Å². The first-order valence-corrected chi connectivity index (χ1v) is 9.48. The predicted molar refractivity (Wildman–Crippen MR) is 104 cm³/mol. The lowest BCUT2D eigenvalue weighted by Crippen LogP contribution is -2.29. The first-order valence-electron chi connectivity index (χ1n) is 8.69. The summed E-state index contributed by atoms with van der Waals surface area (Å²) in [5.74, 6) is 0.152. The molecule has 1 atom stereocenters. The molecule has 0 spiro atoms. The highest BCUT2D eigenvalue weighted by molar-refractivity contribution is 9.10. The second kappa shape index (κ2) is 8.99. The zero-order valence-electron chi connectivity index (χ0n) is 14.9. The minimum Gasteiger partial charge on any atom is -0.493 e. The molecular weight excluding hydrogens is 415 g/mol. The highest BCUT2D eigenvalue weighted by atomic mass is 79.9. The quantitative estimate of drug-likeness (QED) is 0.711. The van der Waals surface area contributed by atoms with Crippen LogP contribution in [0.3, 0.4) is 0 Å². The van der Waals surface area contributed by atoms with Gasteiger partial charge in [0.2, 0.25) is 0 Å². The third-order valence-corrected chi connectivity index (χ3v) is 4.68. The maximum atomic E-state index is 13.0. The number of nitrogens with zero attached hydrogens (tertiary/aromatic N) is 1. The fourth-order valence-corrected chi connectivity index (χ4v) is 3.15. The number of ether oxygens (including phenoxy) is 1. The van der Waals surface area contributed by atoms with Gasteiger partial charge in [-0.15, -0.1) is 0 Å². The number of carbonyl (C=O) groups excluding carboxylic acids is 1. The molecule has 0 aliphatic carbocycles. The van der Waals surface area contributed by atoms with Gasteiger partial charge in [0.15, 0.2) is 6.61 Å². The zero-order valence-corrected chi connectivity index (χ0v) is 16.5. The maximum absolute atomic E-state index is 13.0. The number of hydrogen-bond acceptors (Lipinski definition) is 4. The molecule has 0 saturated carbocycles. The molecule has 1 heterocycles. The highest BCUT2D eigenvalue weighted by Crippen LogP contribution is 2.28. The van der Waals surface area contributed by atoms with Crippen molar-refractivity contribution in [2.75, 3.05) is 13.2 Å². The van der Waals surface area contributed by atoms with Gasteiger partial charge in [-0.2, -0.15) is 0 Å². The van der Waals surface area contributed by atoms with Crippen molar-refractivity contribution < 1.29 is 18.8 Å². The lowest BCUT2D eigenvalue weighted by molar-refractivity contribution is -0.126. The summed E-state index contributed by atoms with van der Waals surface area (Å²) in [6.45, 7) is 2.25. The Balaban J connectivity index is 1.59. The van der Waals surface area contributed by atoms with Gasteiger partial charge in [-0.1, -0.05) is 33.2 Å². The summed E-state index contributed by atoms with van der Waals surface area (Å²) < 4.78 is 19.6. The van der Waals surface area contributed by atoms with Crippen LogP contribution in [-0.4, -0.2) is 24.8 Å². The van der Waals surface area contributed by atoms with E-state index in [4.69, 9.17) is 9.57 Å². The van der Waals surface area contributed by atoms with Gasteiger partial charge in [-0.3, -0.25) is 4.79 Å². The topological polar surface area (TPSA) is 59.9 Å². The lowest BCUT2D eigenvalue weighted by Gasteiger charge is -2.14. The van der Waals surface area contributed by atoms with Crippen molar-refractivity contribution in [3.05, 3.63) is 63.9 Å². The maximum Gasteiger partial charge on any atom is 0.261 e. The van der Waals surface area contributed by atoms with Crippen LogP contribution in [0.5, 0.6) is 5.75 Å². The average Bonchev–Trinajstić information content (AvgIpc) is 2.84. The molecule has 1 aliphatic rings. The molecule has 142 valence electrons. The number of carbonyl (C=O) groups is 1. The molecule has 27 heavy (non-hydrogen) atoms. The standard InChI is InChI=1S/C20H20BrFN2O3/c1-13(14-4-7-16(22)8-5-14)23-20(25)12-27-24-18-3-2-10-26-19-9-6-15(21)11-17(18)19/h4-9,11,13H,2-3,10,12H2,1H3,(H,23,25)/b24-18-. The van der Waals surface area contributed by atoms with E-state index in [1.165, 1.54) is 12.1 Å². The Labute approximate surface area is 165 Å². The van der Waals surface area contributed by atoms with Crippen molar-refractivity contribution >= 4 is 27.5 Å². The fourth-order valence-electron chi connectivity index (χ4n) is 2.79. The smallest absolute Gasteiger partial charge is 0.261 e. The van der Waals surface area contributed by atoms with Crippen molar-refractivity contribution in [1.29, 1.82) is 0 Å². The normalized spacial score (nSPS) is 16.0. The minimum absolute atomic E-state index is 0.195. The summed E-state index contributed by atoms with van der Waals surface area (Å²) in [5.41, 5.74) is 2.43. The van der Waals surface area contributed by atoms with Crippen molar-refractivity contribution in [1.82, 2.24) is 5.32 Å². The van der Waals surface area contributed by atoms with Crippen molar-refractivity contribution in [2.45, 2.75) is 25.8 Å². The molecule has 2 aromatic rings. The molecule has 0 aromatic heterocycles. The van der Waals surface area contributed by atoms with Gasteiger partial charge in [0, 0.05) is 10.0 Å². The third-order valence-electron chi connectivity index (χ3n) is 4.19. The number of rotatable bonds is 5. The zero-order chi connectivity index (χ0) is 19.2. The van der Waals surface area contributed by atoms with Crippen molar-refractivity contribution in [3.63, 3.8) is 0 Å². The number of nitrogens with one attached hydrogen (secondary N) is 1. The first kappa shape index (κ1) is 19.4.